The quantitative estimate of drug-likeness (QED) is 0.602. The maximum absolute atomic E-state index is 5.79. The summed E-state index contributed by atoms with van der Waals surface area (Å²) in [6, 6.07) is 6.47. The number of nitrogens with one attached hydrogen (secondary N) is 1. The highest BCUT2D eigenvalue weighted by atomic mass is 16.5. The third-order valence-electron chi connectivity index (χ3n) is 4.03. The summed E-state index contributed by atoms with van der Waals surface area (Å²) in [4.78, 5) is 0. The van der Waals surface area contributed by atoms with E-state index in [9.17, 15) is 0 Å². The van der Waals surface area contributed by atoms with Gasteiger partial charge in [-0.25, -0.2) is 0 Å². The minimum atomic E-state index is -0.255. The molecule has 0 radical (unpaired) electrons. The lowest BCUT2D eigenvalue weighted by molar-refractivity contribution is -0.0488. The SMILES string of the molecule is CCC(CC)(OC)C(NN)c1ccc(C)cc1C. The molecule has 0 saturated heterocycles. The van der Waals surface area contributed by atoms with E-state index in [2.05, 4.69) is 51.3 Å². The average Bonchev–Trinajstić information content (AvgIpc) is 2.38. The Balaban J connectivity index is 3.23. The van der Waals surface area contributed by atoms with Crippen LogP contribution < -0.4 is 11.3 Å². The first-order valence-electron chi connectivity index (χ1n) is 6.63. The molecule has 1 rings (SSSR count). The molecule has 0 aliphatic carbocycles. The van der Waals surface area contributed by atoms with Crippen LogP contribution in [-0.2, 0) is 4.74 Å². The normalized spacial score (nSPS) is 13.7. The smallest absolute Gasteiger partial charge is 0.0880 e. The molecule has 0 aliphatic rings. The second kappa shape index (κ2) is 6.32. The van der Waals surface area contributed by atoms with Crippen LogP contribution in [0.2, 0.25) is 0 Å². The zero-order valence-electron chi connectivity index (χ0n) is 12.2. The first-order valence-corrected chi connectivity index (χ1v) is 6.63. The lowest BCUT2D eigenvalue weighted by atomic mass is 9.82. The number of nitrogens with two attached hydrogens (primary N) is 1. The van der Waals surface area contributed by atoms with Crippen LogP contribution in [0.4, 0.5) is 0 Å². The first-order chi connectivity index (χ1) is 8.54. The summed E-state index contributed by atoms with van der Waals surface area (Å²) >= 11 is 0. The van der Waals surface area contributed by atoms with Gasteiger partial charge in [-0.2, -0.15) is 0 Å². The van der Waals surface area contributed by atoms with E-state index < -0.39 is 0 Å². The van der Waals surface area contributed by atoms with Crippen LogP contribution in [0.15, 0.2) is 18.2 Å². The molecule has 18 heavy (non-hydrogen) atoms. The molecule has 0 saturated carbocycles. The highest BCUT2D eigenvalue weighted by Gasteiger charge is 2.36. The standard InChI is InChI=1S/C15H26N2O/c1-6-15(7-2,18-5)14(17-16)13-9-8-11(3)10-12(13)4/h8-10,14,17H,6-7,16H2,1-5H3. The molecule has 0 aliphatic heterocycles. The Hall–Kier alpha value is -0.900. The van der Waals surface area contributed by atoms with Crippen LogP contribution in [0.3, 0.4) is 0 Å². The van der Waals surface area contributed by atoms with Crippen LogP contribution in [0.25, 0.3) is 0 Å². The van der Waals surface area contributed by atoms with Gasteiger partial charge in [0.25, 0.3) is 0 Å². The second-order valence-electron chi connectivity index (χ2n) is 4.94. The fourth-order valence-corrected chi connectivity index (χ4v) is 2.74. The van der Waals surface area contributed by atoms with Crippen molar-refractivity contribution in [1.29, 1.82) is 0 Å². The van der Waals surface area contributed by atoms with Gasteiger partial charge < -0.3 is 4.74 Å². The second-order valence-corrected chi connectivity index (χ2v) is 4.94. The van der Waals surface area contributed by atoms with Crippen molar-refractivity contribution >= 4 is 0 Å². The van der Waals surface area contributed by atoms with Gasteiger partial charge in [0.05, 0.1) is 11.6 Å². The summed E-state index contributed by atoms with van der Waals surface area (Å²) in [6.45, 7) is 8.50. The molecule has 102 valence electrons. The van der Waals surface area contributed by atoms with Gasteiger partial charge in [-0.3, -0.25) is 11.3 Å². The Morgan fingerprint density at radius 3 is 2.28 bits per heavy atom. The molecule has 1 aromatic carbocycles. The Morgan fingerprint density at radius 1 is 1.28 bits per heavy atom. The Morgan fingerprint density at radius 2 is 1.89 bits per heavy atom. The zero-order chi connectivity index (χ0) is 13.8. The van der Waals surface area contributed by atoms with Crippen molar-refractivity contribution in [3.63, 3.8) is 0 Å². The lowest BCUT2D eigenvalue weighted by Crippen LogP contribution is -2.47. The highest BCUT2D eigenvalue weighted by Crippen LogP contribution is 2.35. The number of hydrazine groups is 1. The molecule has 1 unspecified atom stereocenters. The number of hydrogen-bond donors (Lipinski definition) is 2. The molecular weight excluding hydrogens is 224 g/mol. The van der Waals surface area contributed by atoms with E-state index in [-0.39, 0.29) is 11.6 Å². The third-order valence-corrected chi connectivity index (χ3v) is 4.03. The summed E-state index contributed by atoms with van der Waals surface area (Å²) < 4.78 is 5.79. The van der Waals surface area contributed by atoms with Gasteiger partial charge in [0.15, 0.2) is 0 Å². The van der Waals surface area contributed by atoms with E-state index in [0.29, 0.717) is 0 Å². The number of hydrogen-bond acceptors (Lipinski definition) is 3. The molecule has 1 aromatic rings. The summed E-state index contributed by atoms with van der Waals surface area (Å²) in [5, 5.41) is 0. The van der Waals surface area contributed by atoms with E-state index in [4.69, 9.17) is 10.6 Å². The van der Waals surface area contributed by atoms with Crippen LogP contribution >= 0.6 is 0 Å². The third kappa shape index (κ3) is 2.74. The van der Waals surface area contributed by atoms with Crippen LogP contribution in [0.1, 0.15) is 49.4 Å². The number of methoxy groups -OCH3 is 1. The van der Waals surface area contributed by atoms with Gasteiger partial charge in [-0.1, -0.05) is 37.6 Å². The lowest BCUT2D eigenvalue weighted by Gasteiger charge is -2.39. The average molecular weight is 250 g/mol. The topological polar surface area (TPSA) is 47.3 Å². The number of rotatable bonds is 6. The Kier molecular flexibility index (Phi) is 5.32. The molecule has 0 heterocycles. The molecular formula is C15H26N2O. The minimum absolute atomic E-state index is 0.0121. The van der Waals surface area contributed by atoms with Crippen molar-refractivity contribution in [2.24, 2.45) is 5.84 Å². The first kappa shape index (κ1) is 15.2. The van der Waals surface area contributed by atoms with E-state index in [1.165, 1.54) is 16.7 Å². The van der Waals surface area contributed by atoms with Gasteiger partial charge in [0, 0.05) is 7.11 Å². The monoisotopic (exact) mass is 250 g/mol. The molecule has 0 aromatic heterocycles. The zero-order valence-corrected chi connectivity index (χ0v) is 12.2. The molecule has 0 bridgehead atoms. The van der Waals surface area contributed by atoms with Crippen molar-refractivity contribution in [2.75, 3.05) is 7.11 Å². The maximum atomic E-state index is 5.79. The Bertz CT molecular complexity index is 378. The molecule has 3 heteroatoms. The fourth-order valence-electron chi connectivity index (χ4n) is 2.74. The molecule has 1 atom stereocenters. The number of aryl methyl sites for hydroxylation is 2. The van der Waals surface area contributed by atoms with E-state index in [0.717, 1.165) is 12.8 Å². The van der Waals surface area contributed by atoms with Crippen molar-refractivity contribution in [2.45, 2.75) is 52.2 Å². The molecule has 0 spiro atoms. The summed E-state index contributed by atoms with van der Waals surface area (Å²) in [5.74, 6) is 5.79. The van der Waals surface area contributed by atoms with Gasteiger partial charge in [-0.15, -0.1) is 0 Å². The minimum Gasteiger partial charge on any atom is -0.376 e. The molecule has 0 amide bonds. The van der Waals surface area contributed by atoms with Crippen LogP contribution in [-0.4, -0.2) is 12.7 Å². The maximum Gasteiger partial charge on any atom is 0.0880 e. The van der Waals surface area contributed by atoms with Crippen molar-refractivity contribution in [3.8, 4) is 0 Å². The van der Waals surface area contributed by atoms with Gasteiger partial charge in [0.2, 0.25) is 0 Å². The largest absolute Gasteiger partial charge is 0.376 e. The summed E-state index contributed by atoms with van der Waals surface area (Å²) in [5.41, 5.74) is 6.43. The van der Waals surface area contributed by atoms with Gasteiger partial charge in [0.1, 0.15) is 0 Å². The van der Waals surface area contributed by atoms with Gasteiger partial charge in [-0.05, 0) is 37.8 Å². The summed E-state index contributed by atoms with van der Waals surface area (Å²) in [6.07, 6.45) is 1.84. The molecule has 3 N–H and O–H groups in total. The highest BCUT2D eigenvalue weighted by molar-refractivity contribution is 5.34. The van der Waals surface area contributed by atoms with Crippen LogP contribution in [0.5, 0.6) is 0 Å². The van der Waals surface area contributed by atoms with Crippen molar-refractivity contribution in [1.82, 2.24) is 5.43 Å². The van der Waals surface area contributed by atoms with E-state index in [1.54, 1.807) is 7.11 Å². The van der Waals surface area contributed by atoms with Gasteiger partial charge >= 0.3 is 0 Å². The molecule has 0 fully saturated rings. The predicted octanol–water partition coefficient (Wildman–Crippen LogP) is 3.01. The van der Waals surface area contributed by atoms with E-state index >= 15 is 0 Å². The van der Waals surface area contributed by atoms with Crippen LogP contribution in [0, 0.1) is 13.8 Å². The fraction of sp³-hybridized carbons (Fsp3) is 0.600. The van der Waals surface area contributed by atoms with Crippen molar-refractivity contribution in [3.05, 3.63) is 34.9 Å². The Labute approximate surface area is 111 Å². The number of ether oxygens (including phenoxy) is 1. The number of benzene rings is 1. The van der Waals surface area contributed by atoms with E-state index in [1.807, 2.05) is 0 Å². The molecule has 3 nitrogen and oxygen atoms in total. The predicted molar refractivity (Wildman–Crippen MR) is 76.3 cm³/mol. The van der Waals surface area contributed by atoms with Crippen molar-refractivity contribution < 1.29 is 4.74 Å². The summed E-state index contributed by atoms with van der Waals surface area (Å²) in [7, 11) is 1.76.